The summed E-state index contributed by atoms with van der Waals surface area (Å²) in [5.41, 5.74) is 3.02. The van der Waals surface area contributed by atoms with Gasteiger partial charge in [-0.2, -0.15) is 0 Å². The maximum Gasteiger partial charge on any atom is 0.407 e. The number of carbonyl (C=O) groups excluding carboxylic acids is 3. The van der Waals surface area contributed by atoms with Crippen molar-refractivity contribution in [2.45, 2.75) is 45.7 Å². The molecule has 2 unspecified atom stereocenters. The van der Waals surface area contributed by atoms with E-state index in [1.807, 2.05) is 57.2 Å². The number of carbonyl (C=O) groups is 4. The first-order valence-corrected chi connectivity index (χ1v) is 13.8. The molecule has 11 heteroatoms. The normalized spacial score (nSPS) is 19.3. The fourth-order valence-corrected chi connectivity index (χ4v) is 5.66. The molecule has 42 heavy (non-hydrogen) atoms. The van der Waals surface area contributed by atoms with Crippen LogP contribution in [0, 0.1) is 17.3 Å². The lowest BCUT2D eigenvalue weighted by Crippen LogP contribution is -2.60. The average molecular weight is 572 g/mol. The Labute approximate surface area is 242 Å². The molecule has 2 saturated heterocycles. The van der Waals surface area contributed by atoms with Crippen molar-refractivity contribution in [1.29, 1.82) is 0 Å². The molecule has 4 amide bonds. The van der Waals surface area contributed by atoms with Crippen LogP contribution < -0.4 is 11.0 Å². The molecule has 1 aromatic heterocycles. The van der Waals surface area contributed by atoms with E-state index in [-0.39, 0.29) is 61.4 Å². The molecular weight excluding hydrogens is 538 g/mol. The summed E-state index contributed by atoms with van der Waals surface area (Å²) in [6.07, 6.45) is -0.543. The van der Waals surface area contributed by atoms with Gasteiger partial charge in [-0.25, -0.2) is 9.59 Å². The van der Waals surface area contributed by atoms with Crippen LogP contribution in [0.4, 0.5) is 4.79 Å². The molecule has 218 valence electrons. The predicted molar refractivity (Wildman–Crippen MR) is 155 cm³/mol. The number of fused-ring (bicyclic) bond motifs is 1. The van der Waals surface area contributed by atoms with Crippen molar-refractivity contribution in [1.82, 2.24) is 24.3 Å². The average Bonchev–Trinajstić information content (AvgIpc) is 3.20. The second-order valence-corrected chi connectivity index (χ2v) is 11.8. The smallest absolute Gasteiger partial charge is 0.407 e. The van der Waals surface area contributed by atoms with E-state index in [0.717, 1.165) is 11.1 Å². The van der Waals surface area contributed by atoms with Crippen molar-refractivity contribution in [2.24, 2.45) is 12.5 Å². The number of imidazole rings is 1. The van der Waals surface area contributed by atoms with Crippen molar-refractivity contribution < 1.29 is 24.3 Å². The third kappa shape index (κ3) is 5.40. The number of amides is 4. The molecule has 3 aromatic rings. The third-order valence-corrected chi connectivity index (χ3v) is 8.05. The highest BCUT2D eigenvalue weighted by molar-refractivity contribution is 6.00. The summed E-state index contributed by atoms with van der Waals surface area (Å²) in [6, 6.07) is 11.9. The molecule has 2 fully saturated rings. The first-order valence-electron chi connectivity index (χ1n) is 13.8. The fourth-order valence-electron chi connectivity index (χ4n) is 5.66. The van der Waals surface area contributed by atoms with Gasteiger partial charge in [0.1, 0.15) is 6.04 Å². The van der Waals surface area contributed by atoms with E-state index in [9.17, 15) is 29.1 Å². The van der Waals surface area contributed by atoms with Crippen LogP contribution in [-0.2, 0) is 21.4 Å². The minimum Gasteiger partial charge on any atom is -0.465 e. The number of hydrogen-bond acceptors (Lipinski definition) is 5. The molecule has 2 aliphatic heterocycles. The molecule has 5 rings (SSSR count). The Kier molecular flexibility index (Phi) is 7.41. The van der Waals surface area contributed by atoms with Crippen molar-refractivity contribution in [3.8, 4) is 23.0 Å². The number of benzene rings is 2. The van der Waals surface area contributed by atoms with Crippen LogP contribution in [0.15, 0.2) is 47.3 Å². The lowest BCUT2D eigenvalue weighted by molar-refractivity contribution is -0.136. The molecule has 2 aromatic carbocycles. The lowest BCUT2D eigenvalue weighted by Gasteiger charge is -2.45. The highest BCUT2D eigenvalue weighted by atomic mass is 16.4. The summed E-state index contributed by atoms with van der Waals surface area (Å²) in [6.45, 7) is 6.72. The van der Waals surface area contributed by atoms with Gasteiger partial charge in [0.2, 0.25) is 11.8 Å². The van der Waals surface area contributed by atoms with E-state index in [2.05, 4.69) is 17.2 Å². The van der Waals surface area contributed by atoms with Gasteiger partial charge in [0.05, 0.1) is 17.1 Å². The summed E-state index contributed by atoms with van der Waals surface area (Å²) in [5.74, 6) is 4.52. The number of nitrogens with zero attached hydrogens (tertiary/aromatic N) is 4. The molecule has 3 heterocycles. The van der Waals surface area contributed by atoms with E-state index in [1.54, 1.807) is 18.0 Å². The van der Waals surface area contributed by atoms with Crippen LogP contribution in [0.3, 0.4) is 0 Å². The van der Waals surface area contributed by atoms with Crippen LogP contribution in [-0.4, -0.2) is 73.5 Å². The monoisotopic (exact) mass is 571 g/mol. The Balaban J connectivity index is 1.36. The molecular formula is C31H33N5O6. The van der Waals surface area contributed by atoms with Crippen LogP contribution in [0.1, 0.15) is 45.2 Å². The third-order valence-electron chi connectivity index (χ3n) is 8.05. The first kappa shape index (κ1) is 28.7. The van der Waals surface area contributed by atoms with Crippen LogP contribution in [0.2, 0.25) is 0 Å². The summed E-state index contributed by atoms with van der Waals surface area (Å²) < 4.78 is 2.94. The van der Waals surface area contributed by atoms with Crippen LogP contribution >= 0.6 is 0 Å². The van der Waals surface area contributed by atoms with E-state index >= 15 is 0 Å². The van der Waals surface area contributed by atoms with Crippen LogP contribution in [0.25, 0.3) is 22.2 Å². The van der Waals surface area contributed by atoms with E-state index in [4.69, 9.17) is 0 Å². The minimum atomic E-state index is -0.990. The molecule has 2 N–H and O–H groups in total. The van der Waals surface area contributed by atoms with Gasteiger partial charge in [0, 0.05) is 44.6 Å². The molecule has 0 bridgehead atoms. The number of hydrogen-bond donors (Lipinski definition) is 2. The predicted octanol–water partition coefficient (Wildman–Crippen LogP) is 2.57. The zero-order valence-corrected chi connectivity index (χ0v) is 24.0. The molecule has 0 saturated carbocycles. The second kappa shape index (κ2) is 10.9. The summed E-state index contributed by atoms with van der Waals surface area (Å²) in [7, 11) is 1.65. The maximum atomic E-state index is 13.1. The Morgan fingerprint density at radius 1 is 0.976 bits per heavy atom. The van der Waals surface area contributed by atoms with E-state index in [0.29, 0.717) is 16.6 Å². The SMILES string of the molecule is Cn1c(=O)n(C2CCC(=O)NC2=O)c2ccc(-c3ccc(C#CC(=O)N4CCN(C(=O)O)CC4C(C)(C)C)cc3)cc21. The maximum absolute atomic E-state index is 13.1. The molecule has 0 spiro atoms. The number of nitrogens with one attached hydrogen (secondary N) is 1. The summed E-state index contributed by atoms with van der Waals surface area (Å²) >= 11 is 0. The number of piperazine rings is 1. The molecule has 2 aliphatic rings. The number of carboxylic acid groups (broad SMARTS) is 1. The fraction of sp³-hybridized carbons (Fsp3) is 0.387. The number of imide groups is 1. The van der Waals surface area contributed by atoms with E-state index in [1.165, 1.54) is 14.0 Å². The lowest BCUT2D eigenvalue weighted by atomic mass is 9.84. The number of piperidine rings is 1. The second-order valence-electron chi connectivity index (χ2n) is 11.8. The first-order chi connectivity index (χ1) is 19.8. The summed E-state index contributed by atoms with van der Waals surface area (Å²) in [5, 5.41) is 11.7. The largest absolute Gasteiger partial charge is 0.465 e. The van der Waals surface area contributed by atoms with Crippen molar-refractivity contribution in [3.63, 3.8) is 0 Å². The van der Waals surface area contributed by atoms with E-state index < -0.39 is 18.0 Å². The Morgan fingerprint density at radius 2 is 1.67 bits per heavy atom. The molecule has 11 nitrogen and oxygen atoms in total. The number of rotatable bonds is 2. The standard InChI is InChI=1S/C31H33N5O6/c1-31(2,3)25-18-34(30(41)42)15-16-35(25)27(38)14-7-19-5-8-20(9-6-19)21-10-11-22-24(17-21)33(4)29(40)36(22)23-12-13-26(37)32-28(23)39/h5-6,8-11,17,23,25H,12-13,15-16,18H2,1-4H3,(H,41,42)(H,32,37,39). The van der Waals surface area contributed by atoms with Crippen LogP contribution in [0.5, 0.6) is 0 Å². The van der Waals surface area contributed by atoms with Gasteiger partial charge in [0.15, 0.2) is 0 Å². The quantitative estimate of drug-likeness (QED) is 0.359. The van der Waals surface area contributed by atoms with Gasteiger partial charge in [-0.05, 0) is 47.2 Å². The topological polar surface area (TPSA) is 134 Å². The van der Waals surface area contributed by atoms with Gasteiger partial charge in [-0.1, -0.05) is 44.9 Å². The zero-order chi connectivity index (χ0) is 30.3. The van der Waals surface area contributed by atoms with Gasteiger partial charge in [0.25, 0.3) is 5.91 Å². The Hall–Kier alpha value is -4.85. The minimum absolute atomic E-state index is 0.177. The summed E-state index contributed by atoms with van der Waals surface area (Å²) in [4.78, 5) is 64.6. The number of aromatic nitrogens is 2. The van der Waals surface area contributed by atoms with Gasteiger partial charge >= 0.3 is 11.8 Å². The highest BCUT2D eigenvalue weighted by Gasteiger charge is 2.39. The Bertz CT molecular complexity index is 1720. The van der Waals surface area contributed by atoms with Gasteiger partial charge in [-0.3, -0.25) is 28.8 Å². The zero-order valence-electron chi connectivity index (χ0n) is 24.0. The van der Waals surface area contributed by atoms with Gasteiger partial charge in [-0.15, -0.1) is 0 Å². The molecule has 0 aliphatic carbocycles. The number of aryl methyl sites for hydroxylation is 1. The molecule has 0 radical (unpaired) electrons. The van der Waals surface area contributed by atoms with Gasteiger partial charge < -0.3 is 14.9 Å². The molecule has 2 atom stereocenters. The van der Waals surface area contributed by atoms with Crippen molar-refractivity contribution >= 4 is 34.8 Å². The highest BCUT2D eigenvalue weighted by Crippen LogP contribution is 2.29. The van der Waals surface area contributed by atoms with Crippen molar-refractivity contribution in [3.05, 3.63) is 58.5 Å². The van der Waals surface area contributed by atoms with Crippen molar-refractivity contribution in [2.75, 3.05) is 19.6 Å². The Morgan fingerprint density at radius 3 is 2.31 bits per heavy atom.